The Balaban J connectivity index is 2.54. The van der Waals surface area contributed by atoms with Crippen molar-refractivity contribution in [3.05, 3.63) is 0 Å². The maximum absolute atomic E-state index is 10.3. The predicted molar refractivity (Wildman–Crippen MR) is 28.7 cm³/mol. The van der Waals surface area contributed by atoms with Gasteiger partial charge in [-0.1, -0.05) is 0 Å². The van der Waals surface area contributed by atoms with Gasteiger partial charge in [0.15, 0.2) is 6.23 Å². The molecule has 1 fully saturated rings. The topological polar surface area (TPSA) is 55.4 Å². The van der Waals surface area contributed by atoms with Crippen LogP contribution in [-0.4, -0.2) is 24.0 Å². The molecule has 50 valence electrons. The highest BCUT2D eigenvalue weighted by molar-refractivity contribution is 6.34. The van der Waals surface area contributed by atoms with E-state index < -0.39 is 18.1 Å². The lowest BCUT2D eigenvalue weighted by Gasteiger charge is -2.00. The Kier molecular flexibility index (Phi) is 1.57. The molecule has 1 rings (SSSR count). The van der Waals surface area contributed by atoms with Crippen molar-refractivity contribution >= 4 is 23.5 Å². The van der Waals surface area contributed by atoms with Crippen molar-refractivity contribution in [1.29, 1.82) is 0 Å². The summed E-state index contributed by atoms with van der Waals surface area (Å²) in [6.45, 7) is 0. The molecule has 1 amide bonds. The van der Waals surface area contributed by atoms with Gasteiger partial charge in [-0.2, -0.15) is 0 Å². The Morgan fingerprint density at radius 2 is 2.33 bits per heavy atom. The summed E-state index contributed by atoms with van der Waals surface area (Å²) in [4.78, 5) is 20.5. The number of hydrogen-bond donors (Lipinski definition) is 1. The lowest BCUT2D eigenvalue weighted by Crippen LogP contribution is -2.27. The Morgan fingerprint density at radius 3 is 2.56 bits per heavy atom. The standard InChI is InChI=1S/C4H4ClNO3/c5-1-2-6-3(7)4(8)9-2/h2H,1H2,(H,6,7). The number of halogens is 1. The van der Waals surface area contributed by atoms with E-state index in [1.165, 1.54) is 0 Å². The second kappa shape index (κ2) is 2.23. The van der Waals surface area contributed by atoms with Crippen molar-refractivity contribution in [3.63, 3.8) is 0 Å². The summed E-state index contributed by atoms with van der Waals surface area (Å²) >= 11 is 5.25. The molecule has 4 nitrogen and oxygen atoms in total. The maximum Gasteiger partial charge on any atom is 0.398 e. The molecule has 1 N–H and O–H groups in total. The Bertz CT molecular complexity index is 142. The number of rotatable bonds is 1. The van der Waals surface area contributed by atoms with Crippen LogP contribution in [0.15, 0.2) is 0 Å². The van der Waals surface area contributed by atoms with Crippen molar-refractivity contribution in [2.45, 2.75) is 6.23 Å². The first-order valence-corrected chi connectivity index (χ1v) is 2.85. The minimum Gasteiger partial charge on any atom is -0.433 e. The van der Waals surface area contributed by atoms with E-state index >= 15 is 0 Å². The fraction of sp³-hybridized carbons (Fsp3) is 0.500. The van der Waals surface area contributed by atoms with Crippen LogP contribution in [0.1, 0.15) is 0 Å². The number of amides is 1. The smallest absolute Gasteiger partial charge is 0.398 e. The first-order chi connectivity index (χ1) is 4.24. The summed E-state index contributed by atoms with van der Waals surface area (Å²) in [7, 11) is 0. The number of carbonyl (C=O) groups is 2. The average molecular weight is 150 g/mol. The van der Waals surface area contributed by atoms with Gasteiger partial charge in [-0.25, -0.2) is 4.79 Å². The first kappa shape index (κ1) is 6.35. The van der Waals surface area contributed by atoms with Crippen molar-refractivity contribution < 1.29 is 14.3 Å². The van der Waals surface area contributed by atoms with E-state index in [2.05, 4.69) is 10.1 Å². The number of nitrogens with one attached hydrogen (secondary N) is 1. The van der Waals surface area contributed by atoms with Crippen LogP contribution < -0.4 is 5.32 Å². The zero-order chi connectivity index (χ0) is 6.85. The fourth-order valence-electron chi connectivity index (χ4n) is 0.487. The predicted octanol–water partition coefficient (Wildman–Crippen LogP) is -0.776. The van der Waals surface area contributed by atoms with Crippen molar-refractivity contribution in [2.24, 2.45) is 0 Å². The van der Waals surface area contributed by atoms with Gasteiger partial charge in [-0.15, -0.1) is 11.6 Å². The van der Waals surface area contributed by atoms with Gasteiger partial charge in [0.25, 0.3) is 0 Å². The number of alkyl halides is 1. The number of cyclic esters (lactones) is 1. The lowest BCUT2D eigenvalue weighted by molar-refractivity contribution is -0.148. The summed E-state index contributed by atoms with van der Waals surface area (Å²) < 4.78 is 4.39. The molecule has 0 aromatic heterocycles. The van der Waals surface area contributed by atoms with E-state index in [4.69, 9.17) is 11.6 Å². The highest BCUT2D eigenvalue weighted by atomic mass is 35.5. The third-order valence-corrected chi connectivity index (χ3v) is 1.15. The quantitative estimate of drug-likeness (QED) is 0.303. The molecule has 0 bridgehead atoms. The summed E-state index contributed by atoms with van der Waals surface area (Å²) in [5, 5.41) is 2.21. The maximum atomic E-state index is 10.3. The van der Waals surface area contributed by atoms with E-state index in [0.29, 0.717) is 0 Å². The molecule has 0 saturated carbocycles. The molecule has 1 saturated heterocycles. The van der Waals surface area contributed by atoms with Crippen LogP contribution in [0.2, 0.25) is 0 Å². The SMILES string of the molecule is O=C1NC(CCl)OC1=O. The average Bonchev–Trinajstić information content (AvgIpc) is 2.13. The zero-order valence-corrected chi connectivity index (χ0v) is 5.14. The van der Waals surface area contributed by atoms with E-state index in [-0.39, 0.29) is 5.88 Å². The number of esters is 1. The van der Waals surface area contributed by atoms with Gasteiger partial charge in [-0.05, 0) is 0 Å². The molecule has 1 unspecified atom stereocenters. The number of carbonyl (C=O) groups excluding carboxylic acids is 2. The second-order valence-corrected chi connectivity index (χ2v) is 1.83. The van der Waals surface area contributed by atoms with E-state index in [0.717, 1.165) is 0 Å². The molecule has 0 aromatic carbocycles. The van der Waals surface area contributed by atoms with Crippen LogP contribution in [0, 0.1) is 0 Å². The Morgan fingerprint density at radius 1 is 1.67 bits per heavy atom. The summed E-state index contributed by atoms with van der Waals surface area (Å²) in [6.07, 6.45) is -0.633. The molecule has 0 aromatic rings. The zero-order valence-electron chi connectivity index (χ0n) is 4.39. The minimum atomic E-state index is -0.861. The van der Waals surface area contributed by atoms with Crippen molar-refractivity contribution in [1.82, 2.24) is 5.32 Å². The van der Waals surface area contributed by atoms with Crippen LogP contribution in [0.5, 0.6) is 0 Å². The number of ether oxygens (including phenoxy) is 1. The molecule has 0 aliphatic carbocycles. The Hall–Kier alpha value is -0.770. The van der Waals surface area contributed by atoms with Gasteiger partial charge in [0.1, 0.15) is 0 Å². The van der Waals surface area contributed by atoms with Crippen LogP contribution in [0.3, 0.4) is 0 Å². The third-order valence-electron chi connectivity index (χ3n) is 0.867. The van der Waals surface area contributed by atoms with Gasteiger partial charge in [-0.3, -0.25) is 4.79 Å². The highest BCUT2D eigenvalue weighted by Crippen LogP contribution is 1.99. The normalized spacial score (nSPS) is 25.7. The molecule has 5 heteroatoms. The van der Waals surface area contributed by atoms with Crippen LogP contribution >= 0.6 is 11.6 Å². The lowest BCUT2D eigenvalue weighted by atomic mass is 10.6. The molecule has 9 heavy (non-hydrogen) atoms. The minimum absolute atomic E-state index is 0.0947. The van der Waals surface area contributed by atoms with Gasteiger partial charge in [0, 0.05) is 0 Å². The highest BCUT2D eigenvalue weighted by Gasteiger charge is 2.30. The molecule has 0 radical (unpaired) electrons. The molecule has 1 aliphatic rings. The molecule has 1 atom stereocenters. The van der Waals surface area contributed by atoms with Gasteiger partial charge in [0.2, 0.25) is 0 Å². The van der Waals surface area contributed by atoms with Crippen molar-refractivity contribution in [3.8, 4) is 0 Å². The van der Waals surface area contributed by atoms with Gasteiger partial charge < -0.3 is 10.1 Å². The van der Waals surface area contributed by atoms with E-state index in [1.807, 2.05) is 0 Å². The summed E-state index contributed by atoms with van der Waals surface area (Å²) in [5.74, 6) is -1.49. The Labute approximate surface area is 56.1 Å². The molecular formula is C4H4ClNO3. The molecule has 1 aliphatic heterocycles. The molecular weight excluding hydrogens is 146 g/mol. The van der Waals surface area contributed by atoms with E-state index in [9.17, 15) is 9.59 Å². The fourth-order valence-corrected chi connectivity index (χ4v) is 0.628. The monoisotopic (exact) mass is 149 g/mol. The largest absolute Gasteiger partial charge is 0.433 e. The van der Waals surface area contributed by atoms with Crippen LogP contribution in [-0.2, 0) is 14.3 Å². The first-order valence-electron chi connectivity index (χ1n) is 2.31. The van der Waals surface area contributed by atoms with Gasteiger partial charge in [0.05, 0.1) is 5.88 Å². The van der Waals surface area contributed by atoms with Crippen LogP contribution in [0.4, 0.5) is 0 Å². The molecule has 0 spiro atoms. The number of hydrogen-bond acceptors (Lipinski definition) is 3. The van der Waals surface area contributed by atoms with Crippen LogP contribution in [0.25, 0.3) is 0 Å². The summed E-state index contributed by atoms with van der Waals surface area (Å²) in [5.41, 5.74) is 0. The van der Waals surface area contributed by atoms with Crippen molar-refractivity contribution in [2.75, 3.05) is 5.88 Å². The third kappa shape index (κ3) is 1.13. The second-order valence-electron chi connectivity index (χ2n) is 1.52. The summed E-state index contributed by atoms with van der Waals surface area (Å²) in [6, 6.07) is 0. The van der Waals surface area contributed by atoms with E-state index in [1.54, 1.807) is 0 Å². The van der Waals surface area contributed by atoms with Gasteiger partial charge >= 0.3 is 11.9 Å². The molecule has 1 heterocycles.